The maximum Gasteiger partial charge on any atom is 0.244 e. The molecule has 0 aromatic heterocycles. The van der Waals surface area contributed by atoms with Gasteiger partial charge in [0.1, 0.15) is 12.6 Å². The molecule has 1 aliphatic carbocycles. The van der Waals surface area contributed by atoms with Gasteiger partial charge in [0, 0.05) is 22.6 Å². The first-order valence-electron chi connectivity index (χ1n) is 11.7. The van der Waals surface area contributed by atoms with Crippen LogP contribution >= 0.6 is 34.8 Å². The molecular weight excluding hydrogens is 545 g/mol. The second-order valence-corrected chi connectivity index (χ2v) is 12.2. The number of benzene rings is 2. The summed E-state index contributed by atoms with van der Waals surface area (Å²) in [6.07, 6.45) is 6.03. The average molecular weight is 575 g/mol. The molecule has 11 heteroatoms. The highest BCUT2D eigenvalue weighted by Crippen LogP contribution is 2.31. The normalized spacial score (nSPS) is 15.2. The zero-order valence-corrected chi connectivity index (χ0v) is 23.3. The van der Waals surface area contributed by atoms with Crippen LogP contribution < -0.4 is 9.62 Å². The van der Waals surface area contributed by atoms with Gasteiger partial charge >= 0.3 is 0 Å². The molecule has 1 saturated carbocycles. The lowest BCUT2D eigenvalue weighted by Crippen LogP contribution is -2.53. The molecule has 36 heavy (non-hydrogen) atoms. The summed E-state index contributed by atoms with van der Waals surface area (Å²) in [5, 5.41) is 3.91. The maximum atomic E-state index is 13.6. The van der Waals surface area contributed by atoms with Gasteiger partial charge in [-0.25, -0.2) is 8.42 Å². The smallest absolute Gasteiger partial charge is 0.244 e. The fourth-order valence-electron chi connectivity index (χ4n) is 4.24. The fourth-order valence-corrected chi connectivity index (χ4v) is 5.86. The number of hydrogen-bond acceptors (Lipinski definition) is 4. The van der Waals surface area contributed by atoms with Crippen molar-refractivity contribution in [3.63, 3.8) is 0 Å². The van der Waals surface area contributed by atoms with Crippen LogP contribution in [0, 0.1) is 0 Å². The molecule has 7 nitrogen and oxygen atoms in total. The van der Waals surface area contributed by atoms with Crippen molar-refractivity contribution < 1.29 is 18.0 Å². The average Bonchev–Trinajstić information content (AvgIpc) is 2.82. The molecule has 3 rings (SSSR count). The Morgan fingerprint density at radius 2 is 1.69 bits per heavy atom. The Morgan fingerprint density at radius 1 is 1.03 bits per heavy atom. The van der Waals surface area contributed by atoms with E-state index in [1.54, 1.807) is 31.2 Å². The summed E-state index contributed by atoms with van der Waals surface area (Å²) in [5.74, 6) is -0.865. The third-order valence-corrected chi connectivity index (χ3v) is 8.31. The van der Waals surface area contributed by atoms with E-state index in [0.29, 0.717) is 15.6 Å². The highest BCUT2D eigenvalue weighted by molar-refractivity contribution is 7.92. The van der Waals surface area contributed by atoms with Gasteiger partial charge in [-0.2, -0.15) is 0 Å². The molecule has 0 saturated heterocycles. The van der Waals surface area contributed by atoms with Crippen molar-refractivity contribution in [2.24, 2.45) is 0 Å². The summed E-state index contributed by atoms with van der Waals surface area (Å²) in [6.45, 7) is 1.11. The molecule has 0 bridgehead atoms. The number of nitrogens with zero attached hydrogens (tertiary/aromatic N) is 2. The largest absolute Gasteiger partial charge is 0.352 e. The van der Waals surface area contributed by atoms with E-state index in [-0.39, 0.29) is 29.2 Å². The molecule has 1 fully saturated rings. The number of amides is 2. The van der Waals surface area contributed by atoms with Crippen LogP contribution in [-0.2, 0) is 26.2 Å². The minimum Gasteiger partial charge on any atom is -0.352 e. The van der Waals surface area contributed by atoms with Crippen molar-refractivity contribution in [3.05, 3.63) is 63.1 Å². The number of hydrogen-bond donors (Lipinski definition) is 1. The number of halogens is 3. The molecule has 1 aliphatic rings. The fraction of sp³-hybridized carbons (Fsp3) is 0.440. The summed E-state index contributed by atoms with van der Waals surface area (Å²) in [4.78, 5) is 28.2. The molecule has 0 unspecified atom stereocenters. The summed E-state index contributed by atoms with van der Waals surface area (Å²) < 4.78 is 26.3. The third-order valence-electron chi connectivity index (χ3n) is 6.27. The van der Waals surface area contributed by atoms with Crippen LogP contribution in [0.25, 0.3) is 0 Å². The lowest BCUT2D eigenvalue weighted by atomic mass is 9.95. The third kappa shape index (κ3) is 7.51. The van der Waals surface area contributed by atoms with Gasteiger partial charge in [-0.1, -0.05) is 72.3 Å². The van der Waals surface area contributed by atoms with Crippen LogP contribution in [0.4, 0.5) is 5.69 Å². The lowest BCUT2D eigenvalue weighted by molar-refractivity contribution is -0.139. The number of sulfonamides is 1. The molecule has 2 amide bonds. The van der Waals surface area contributed by atoms with Gasteiger partial charge in [0.25, 0.3) is 0 Å². The lowest BCUT2D eigenvalue weighted by Gasteiger charge is -2.33. The van der Waals surface area contributed by atoms with E-state index in [4.69, 9.17) is 34.8 Å². The minimum atomic E-state index is -3.90. The van der Waals surface area contributed by atoms with Gasteiger partial charge in [-0.15, -0.1) is 0 Å². The monoisotopic (exact) mass is 573 g/mol. The highest BCUT2D eigenvalue weighted by atomic mass is 35.5. The molecule has 0 heterocycles. The second-order valence-electron chi connectivity index (χ2n) is 9.00. The molecule has 2 aromatic carbocycles. The molecule has 0 radical (unpaired) electrons. The van der Waals surface area contributed by atoms with E-state index >= 15 is 0 Å². The topological polar surface area (TPSA) is 86.8 Å². The van der Waals surface area contributed by atoms with Gasteiger partial charge in [-0.05, 0) is 49.6 Å². The van der Waals surface area contributed by atoms with E-state index in [9.17, 15) is 18.0 Å². The Morgan fingerprint density at radius 3 is 2.31 bits per heavy atom. The zero-order chi connectivity index (χ0) is 26.5. The summed E-state index contributed by atoms with van der Waals surface area (Å²) >= 11 is 18.6. The van der Waals surface area contributed by atoms with Crippen LogP contribution in [0.15, 0.2) is 42.5 Å². The molecule has 0 spiro atoms. The predicted octanol–water partition coefficient (Wildman–Crippen LogP) is 5.28. The van der Waals surface area contributed by atoms with E-state index in [1.165, 1.54) is 23.1 Å². The van der Waals surface area contributed by atoms with Crippen LogP contribution in [0.5, 0.6) is 0 Å². The number of rotatable bonds is 9. The Hall–Kier alpha value is -2.00. The first-order valence-corrected chi connectivity index (χ1v) is 14.7. The minimum absolute atomic E-state index is 0.0315. The van der Waals surface area contributed by atoms with Crippen LogP contribution in [0.3, 0.4) is 0 Å². The van der Waals surface area contributed by atoms with Gasteiger partial charge in [0.2, 0.25) is 21.8 Å². The number of nitrogens with one attached hydrogen (secondary N) is 1. The summed E-state index contributed by atoms with van der Waals surface area (Å²) in [7, 11) is -3.90. The quantitative estimate of drug-likeness (QED) is 0.442. The van der Waals surface area contributed by atoms with Crippen molar-refractivity contribution in [3.8, 4) is 0 Å². The Balaban J connectivity index is 1.90. The van der Waals surface area contributed by atoms with E-state index in [1.807, 2.05) is 0 Å². The number of anilines is 1. The standard InChI is InChI=1S/C25H30Cl3N3O4S/c1-17(25(33)29-20-9-4-3-5-10-20)30(15-18-8-6-7-11-21(18)27)24(32)16-31(36(2,34)35)23-13-12-19(26)14-22(23)28/h6-8,11-14,17,20H,3-5,9-10,15-16H2,1-2H3,(H,29,33)/t17-/m0/s1. The van der Waals surface area contributed by atoms with Crippen molar-refractivity contribution in [1.29, 1.82) is 0 Å². The molecule has 1 atom stereocenters. The molecule has 2 aromatic rings. The SMILES string of the molecule is C[C@@H](C(=O)NC1CCCCC1)N(Cc1ccccc1Cl)C(=O)CN(c1ccc(Cl)cc1Cl)S(C)(=O)=O. The van der Waals surface area contributed by atoms with Crippen LogP contribution in [0.2, 0.25) is 15.1 Å². The Labute approximate surface area is 227 Å². The van der Waals surface area contributed by atoms with Gasteiger partial charge in [0.05, 0.1) is 17.0 Å². The second kappa shape index (κ2) is 12.5. The molecule has 0 aliphatic heterocycles. The Bertz CT molecular complexity index is 1200. The zero-order valence-electron chi connectivity index (χ0n) is 20.2. The van der Waals surface area contributed by atoms with Crippen LogP contribution in [0.1, 0.15) is 44.6 Å². The van der Waals surface area contributed by atoms with Gasteiger partial charge in [-0.3, -0.25) is 13.9 Å². The van der Waals surface area contributed by atoms with E-state index < -0.39 is 28.5 Å². The summed E-state index contributed by atoms with van der Waals surface area (Å²) in [6, 6.07) is 10.6. The van der Waals surface area contributed by atoms with E-state index in [2.05, 4.69) is 5.32 Å². The first-order chi connectivity index (χ1) is 17.0. The maximum absolute atomic E-state index is 13.6. The highest BCUT2D eigenvalue weighted by Gasteiger charge is 2.32. The van der Waals surface area contributed by atoms with Crippen molar-refractivity contribution in [1.82, 2.24) is 10.2 Å². The van der Waals surface area contributed by atoms with Crippen molar-refractivity contribution >= 4 is 62.3 Å². The number of carbonyl (C=O) groups is 2. The van der Waals surface area contributed by atoms with Gasteiger partial charge in [0.15, 0.2) is 0 Å². The molecule has 1 N–H and O–H groups in total. The molecular formula is C25H30Cl3N3O4S. The van der Waals surface area contributed by atoms with Crippen molar-refractivity contribution in [2.75, 3.05) is 17.1 Å². The van der Waals surface area contributed by atoms with E-state index in [0.717, 1.165) is 42.7 Å². The van der Waals surface area contributed by atoms with Crippen LogP contribution in [-0.4, -0.2) is 50.0 Å². The molecule has 196 valence electrons. The van der Waals surface area contributed by atoms with Gasteiger partial charge < -0.3 is 10.2 Å². The summed E-state index contributed by atoms with van der Waals surface area (Å²) in [5.41, 5.74) is 0.759. The number of carbonyl (C=O) groups excluding carboxylic acids is 2. The first kappa shape index (κ1) is 28.6. The predicted molar refractivity (Wildman–Crippen MR) is 145 cm³/mol. The van der Waals surface area contributed by atoms with Crippen molar-refractivity contribution in [2.45, 2.75) is 57.7 Å². The Kier molecular flexibility index (Phi) is 9.92.